The van der Waals surface area contributed by atoms with Crippen LogP contribution in [0.1, 0.15) is 37.3 Å². The number of nitrogens with zero attached hydrogens (tertiary/aromatic N) is 2. The molecule has 0 N–H and O–H groups in total. The minimum Gasteiger partial charge on any atom is -0.340 e. The van der Waals surface area contributed by atoms with Crippen LogP contribution < -0.4 is 4.90 Å². The van der Waals surface area contributed by atoms with Crippen molar-refractivity contribution in [2.45, 2.75) is 44.1 Å². The number of hydrogen-bond donors (Lipinski definition) is 0. The maximum absolute atomic E-state index is 13.5. The van der Waals surface area contributed by atoms with Gasteiger partial charge in [0.25, 0.3) is 0 Å². The zero-order valence-corrected chi connectivity index (χ0v) is 16.0. The van der Waals surface area contributed by atoms with Crippen molar-refractivity contribution < 1.29 is 9.59 Å². The maximum Gasteiger partial charge on any atom is 0.238 e. The second-order valence-corrected chi connectivity index (χ2v) is 7.71. The predicted octanol–water partition coefficient (Wildman–Crippen LogP) is 3.54. The van der Waals surface area contributed by atoms with Crippen LogP contribution in [0.15, 0.2) is 54.6 Å². The molecule has 2 amide bonds. The number of rotatable bonds is 6. The maximum atomic E-state index is 13.5. The summed E-state index contributed by atoms with van der Waals surface area (Å²) in [6.45, 7) is 2.73. The molecule has 4 nitrogen and oxygen atoms in total. The van der Waals surface area contributed by atoms with Crippen LogP contribution in [0.4, 0.5) is 5.69 Å². The first kappa shape index (κ1) is 17.8. The topological polar surface area (TPSA) is 40.6 Å². The van der Waals surface area contributed by atoms with E-state index in [4.69, 9.17) is 0 Å². The third-order valence-electron chi connectivity index (χ3n) is 5.95. The number of hydrogen-bond acceptors (Lipinski definition) is 2. The van der Waals surface area contributed by atoms with Gasteiger partial charge in [0.15, 0.2) is 0 Å². The van der Waals surface area contributed by atoms with Crippen molar-refractivity contribution >= 4 is 17.5 Å². The van der Waals surface area contributed by atoms with Gasteiger partial charge in [-0.25, -0.2) is 0 Å². The molecule has 4 heteroatoms. The van der Waals surface area contributed by atoms with E-state index in [-0.39, 0.29) is 18.2 Å². The molecule has 1 fully saturated rings. The quantitative estimate of drug-likeness (QED) is 0.789. The van der Waals surface area contributed by atoms with Crippen molar-refractivity contribution in [3.63, 3.8) is 0 Å². The highest BCUT2D eigenvalue weighted by Gasteiger charge is 2.51. The molecule has 2 aromatic carbocycles. The molecular weight excluding hydrogens is 336 g/mol. The average molecular weight is 362 g/mol. The Balaban J connectivity index is 1.76. The number of anilines is 1. The zero-order chi connectivity index (χ0) is 19.0. The van der Waals surface area contributed by atoms with Gasteiger partial charge < -0.3 is 9.80 Å². The molecular formula is C23H26N2O2. The Labute approximate surface area is 160 Å². The molecule has 2 aliphatic rings. The monoisotopic (exact) mass is 362 g/mol. The number of carbonyl (C=O) groups excluding carboxylic acids is 2. The van der Waals surface area contributed by atoms with Crippen LogP contribution in [-0.4, -0.2) is 36.3 Å². The zero-order valence-electron chi connectivity index (χ0n) is 16.0. The number of likely N-dealkylation sites (N-methyl/N-ethyl adjacent to an activating group) is 1. The van der Waals surface area contributed by atoms with E-state index >= 15 is 0 Å². The Morgan fingerprint density at radius 2 is 1.78 bits per heavy atom. The summed E-state index contributed by atoms with van der Waals surface area (Å²) in [5, 5.41) is 0. The molecule has 1 aliphatic carbocycles. The minimum atomic E-state index is -0.827. The molecule has 0 bridgehead atoms. The van der Waals surface area contributed by atoms with Gasteiger partial charge >= 0.3 is 0 Å². The molecule has 0 radical (unpaired) electrons. The number of fused-ring (bicyclic) bond motifs is 1. The fourth-order valence-corrected chi connectivity index (χ4v) is 4.45. The molecule has 1 atom stereocenters. The van der Waals surface area contributed by atoms with Crippen molar-refractivity contribution in [2.75, 3.05) is 18.5 Å². The van der Waals surface area contributed by atoms with Crippen LogP contribution in [0.2, 0.25) is 0 Å². The summed E-state index contributed by atoms with van der Waals surface area (Å²) in [7, 11) is 1.82. The van der Waals surface area contributed by atoms with Gasteiger partial charge in [0.2, 0.25) is 11.8 Å². The fourth-order valence-electron chi connectivity index (χ4n) is 4.45. The van der Waals surface area contributed by atoms with Gasteiger partial charge in [0.1, 0.15) is 0 Å². The van der Waals surface area contributed by atoms with Gasteiger partial charge in [-0.05, 0) is 43.4 Å². The molecule has 0 saturated heterocycles. The molecule has 1 heterocycles. The van der Waals surface area contributed by atoms with Gasteiger partial charge in [-0.2, -0.15) is 0 Å². The number of benzene rings is 2. The molecule has 1 saturated carbocycles. The van der Waals surface area contributed by atoms with Gasteiger partial charge in [0, 0.05) is 31.7 Å². The smallest absolute Gasteiger partial charge is 0.238 e. The molecule has 0 aromatic heterocycles. The van der Waals surface area contributed by atoms with Crippen LogP contribution in [0.3, 0.4) is 0 Å². The summed E-state index contributed by atoms with van der Waals surface area (Å²) < 4.78 is 0. The predicted molar refractivity (Wildman–Crippen MR) is 107 cm³/mol. The minimum absolute atomic E-state index is 0.0211. The van der Waals surface area contributed by atoms with Crippen molar-refractivity contribution in [1.29, 1.82) is 0 Å². The first-order valence-electron chi connectivity index (χ1n) is 9.78. The standard InChI is InChI=1S/C23H26N2O2/c1-3-25(18-13-14-18)21(26)16-23(15-17-9-5-4-6-10-17)19-11-7-8-12-20(19)24(2)22(23)27/h4-12,18H,3,13-16H2,1-2H3. The fraction of sp³-hybridized carbons (Fsp3) is 0.391. The summed E-state index contributed by atoms with van der Waals surface area (Å²) in [5.74, 6) is 0.113. The van der Waals surface area contributed by atoms with E-state index in [9.17, 15) is 9.59 Å². The van der Waals surface area contributed by atoms with E-state index in [1.54, 1.807) is 4.90 Å². The Morgan fingerprint density at radius 1 is 1.11 bits per heavy atom. The van der Waals surface area contributed by atoms with E-state index in [0.29, 0.717) is 19.0 Å². The molecule has 1 aliphatic heterocycles. The van der Waals surface area contributed by atoms with Gasteiger partial charge in [-0.1, -0.05) is 48.5 Å². The van der Waals surface area contributed by atoms with Crippen LogP contribution in [0.5, 0.6) is 0 Å². The van der Waals surface area contributed by atoms with Crippen LogP contribution >= 0.6 is 0 Å². The number of para-hydroxylation sites is 1. The van der Waals surface area contributed by atoms with Crippen molar-refractivity contribution in [1.82, 2.24) is 4.90 Å². The van der Waals surface area contributed by atoms with Gasteiger partial charge in [-0.15, -0.1) is 0 Å². The van der Waals surface area contributed by atoms with Crippen LogP contribution in [-0.2, 0) is 21.4 Å². The summed E-state index contributed by atoms with van der Waals surface area (Å²) in [6, 6.07) is 18.3. The molecule has 27 heavy (non-hydrogen) atoms. The molecule has 2 aromatic rings. The second kappa shape index (κ2) is 6.84. The van der Waals surface area contributed by atoms with E-state index in [0.717, 1.165) is 29.7 Å². The highest BCUT2D eigenvalue weighted by Crippen LogP contribution is 2.46. The normalized spacial score (nSPS) is 21.3. The molecule has 140 valence electrons. The number of amides is 2. The lowest BCUT2D eigenvalue weighted by molar-refractivity contribution is -0.136. The molecule has 0 spiro atoms. The largest absolute Gasteiger partial charge is 0.340 e. The lowest BCUT2D eigenvalue weighted by Gasteiger charge is -2.31. The SMILES string of the molecule is CCN(C(=O)CC1(Cc2ccccc2)C(=O)N(C)c2ccccc21)C1CC1. The Morgan fingerprint density at radius 3 is 2.44 bits per heavy atom. The van der Waals surface area contributed by atoms with Gasteiger partial charge in [-0.3, -0.25) is 9.59 Å². The summed E-state index contributed by atoms with van der Waals surface area (Å²) in [6.07, 6.45) is 2.93. The Hall–Kier alpha value is -2.62. The van der Waals surface area contributed by atoms with E-state index in [1.165, 1.54) is 0 Å². The first-order chi connectivity index (χ1) is 13.1. The highest BCUT2D eigenvalue weighted by atomic mass is 16.2. The van der Waals surface area contributed by atoms with Crippen molar-refractivity contribution in [2.24, 2.45) is 0 Å². The van der Waals surface area contributed by atoms with E-state index in [1.807, 2.05) is 73.5 Å². The van der Waals surface area contributed by atoms with Crippen molar-refractivity contribution in [3.05, 3.63) is 65.7 Å². The van der Waals surface area contributed by atoms with Crippen LogP contribution in [0.25, 0.3) is 0 Å². The van der Waals surface area contributed by atoms with E-state index < -0.39 is 5.41 Å². The summed E-state index contributed by atoms with van der Waals surface area (Å²) in [4.78, 5) is 30.4. The molecule has 4 rings (SSSR count). The Kier molecular flexibility index (Phi) is 4.50. The third-order valence-corrected chi connectivity index (χ3v) is 5.95. The average Bonchev–Trinajstić information content (AvgIpc) is 3.50. The summed E-state index contributed by atoms with van der Waals surface area (Å²) in [5.41, 5.74) is 2.15. The second-order valence-electron chi connectivity index (χ2n) is 7.71. The number of carbonyl (C=O) groups is 2. The summed E-state index contributed by atoms with van der Waals surface area (Å²) >= 11 is 0. The van der Waals surface area contributed by atoms with Gasteiger partial charge in [0.05, 0.1) is 5.41 Å². The third kappa shape index (κ3) is 3.03. The highest BCUT2D eigenvalue weighted by molar-refractivity contribution is 6.10. The molecule has 1 unspecified atom stereocenters. The van der Waals surface area contributed by atoms with Crippen LogP contribution in [0, 0.1) is 0 Å². The van der Waals surface area contributed by atoms with Crippen molar-refractivity contribution in [3.8, 4) is 0 Å². The van der Waals surface area contributed by atoms with E-state index in [2.05, 4.69) is 0 Å². The lowest BCUT2D eigenvalue weighted by Crippen LogP contribution is -2.46. The first-order valence-corrected chi connectivity index (χ1v) is 9.78. The Bertz CT molecular complexity index is 860. The lowest BCUT2D eigenvalue weighted by atomic mass is 9.73.